The van der Waals surface area contributed by atoms with Crippen LogP contribution in [0.1, 0.15) is 30.1 Å². The van der Waals surface area contributed by atoms with Crippen molar-refractivity contribution in [1.82, 2.24) is 4.90 Å². The van der Waals surface area contributed by atoms with Gasteiger partial charge in [0.1, 0.15) is 0 Å². The second-order valence-electron chi connectivity index (χ2n) is 5.49. The van der Waals surface area contributed by atoms with Crippen LogP contribution in [-0.2, 0) is 4.79 Å². The average molecular weight is 347 g/mol. The van der Waals surface area contributed by atoms with E-state index in [4.69, 9.17) is 5.11 Å². The summed E-state index contributed by atoms with van der Waals surface area (Å²) in [4.78, 5) is 25.1. The molecule has 1 heterocycles. The van der Waals surface area contributed by atoms with Gasteiger partial charge in [-0.3, -0.25) is 9.59 Å². The fourth-order valence-corrected chi connectivity index (χ4v) is 3.10. The summed E-state index contributed by atoms with van der Waals surface area (Å²) in [6, 6.07) is 5.08. The molecule has 1 aliphatic heterocycles. The highest BCUT2D eigenvalue weighted by Crippen LogP contribution is 2.36. The van der Waals surface area contributed by atoms with Crippen molar-refractivity contribution in [3.8, 4) is 0 Å². The fraction of sp³-hybridized carbons (Fsp3) is 0.467. The van der Waals surface area contributed by atoms with Gasteiger partial charge in [0.15, 0.2) is 0 Å². The van der Waals surface area contributed by atoms with Gasteiger partial charge in [0.25, 0.3) is 5.91 Å². The van der Waals surface area contributed by atoms with Gasteiger partial charge in [-0.05, 0) is 55.8 Å². The number of alkyl halides is 3. The van der Waals surface area contributed by atoms with Crippen LogP contribution >= 0.6 is 11.8 Å². The first-order chi connectivity index (χ1) is 10.7. The minimum atomic E-state index is -4.37. The molecule has 1 saturated heterocycles. The van der Waals surface area contributed by atoms with Crippen molar-refractivity contribution in [3.05, 3.63) is 29.8 Å². The first-order valence-electron chi connectivity index (χ1n) is 7.07. The molecule has 2 rings (SSSR count). The lowest BCUT2D eigenvalue weighted by Gasteiger charge is -2.36. The smallest absolute Gasteiger partial charge is 0.446 e. The van der Waals surface area contributed by atoms with Gasteiger partial charge in [-0.2, -0.15) is 13.2 Å². The zero-order valence-corrected chi connectivity index (χ0v) is 13.2. The third-order valence-corrected chi connectivity index (χ3v) is 4.57. The van der Waals surface area contributed by atoms with Gasteiger partial charge in [0, 0.05) is 23.0 Å². The first kappa shape index (κ1) is 17.7. The number of rotatable bonds is 3. The summed E-state index contributed by atoms with van der Waals surface area (Å²) < 4.78 is 36.9. The van der Waals surface area contributed by atoms with Crippen molar-refractivity contribution in [2.24, 2.45) is 5.92 Å². The number of benzene rings is 1. The Morgan fingerprint density at radius 3 is 2.35 bits per heavy atom. The van der Waals surface area contributed by atoms with E-state index in [2.05, 4.69) is 0 Å². The van der Waals surface area contributed by atoms with Gasteiger partial charge >= 0.3 is 11.5 Å². The second kappa shape index (κ2) is 6.82. The summed E-state index contributed by atoms with van der Waals surface area (Å²) in [5.74, 6) is -1.89. The SMILES string of the molecule is CC1CCC(C(=O)O)CN1C(=O)c1ccc(SC(F)(F)F)cc1. The summed E-state index contributed by atoms with van der Waals surface area (Å²) in [5.41, 5.74) is -4.11. The van der Waals surface area contributed by atoms with Crippen molar-refractivity contribution in [1.29, 1.82) is 0 Å². The van der Waals surface area contributed by atoms with Crippen molar-refractivity contribution in [2.75, 3.05) is 6.54 Å². The molecule has 8 heteroatoms. The van der Waals surface area contributed by atoms with Crippen LogP contribution in [0.4, 0.5) is 13.2 Å². The van der Waals surface area contributed by atoms with Crippen molar-refractivity contribution in [2.45, 2.75) is 36.2 Å². The summed E-state index contributed by atoms with van der Waals surface area (Å²) in [6.45, 7) is 1.96. The number of aliphatic carboxylic acids is 1. The number of halogens is 3. The molecule has 1 aliphatic rings. The highest BCUT2D eigenvalue weighted by molar-refractivity contribution is 8.00. The molecule has 0 saturated carbocycles. The van der Waals surface area contributed by atoms with E-state index in [1.807, 2.05) is 6.92 Å². The molecule has 126 valence electrons. The normalized spacial score (nSPS) is 22.0. The van der Waals surface area contributed by atoms with E-state index in [1.54, 1.807) is 0 Å². The second-order valence-corrected chi connectivity index (χ2v) is 6.63. The number of piperidine rings is 1. The van der Waals surface area contributed by atoms with Crippen LogP contribution in [0.5, 0.6) is 0 Å². The number of thioether (sulfide) groups is 1. The predicted octanol–water partition coefficient (Wildman–Crippen LogP) is 3.62. The van der Waals surface area contributed by atoms with Gasteiger partial charge in [-0.25, -0.2) is 0 Å². The first-order valence-corrected chi connectivity index (χ1v) is 7.88. The van der Waals surface area contributed by atoms with Crippen LogP contribution in [0, 0.1) is 5.92 Å². The lowest BCUT2D eigenvalue weighted by Crippen LogP contribution is -2.47. The molecule has 2 atom stereocenters. The zero-order valence-electron chi connectivity index (χ0n) is 12.3. The molecule has 0 spiro atoms. The maximum absolute atomic E-state index is 12.5. The minimum Gasteiger partial charge on any atom is -0.481 e. The molecule has 0 aromatic heterocycles. The summed E-state index contributed by atoms with van der Waals surface area (Å²) in [7, 11) is 0. The Labute approximate surface area is 135 Å². The molecule has 0 aliphatic carbocycles. The number of carboxylic acids is 1. The number of nitrogens with zero attached hydrogens (tertiary/aromatic N) is 1. The van der Waals surface area contributed by atoms with E-state index in [0.29, 0.717) is 12.8 Å². The van der Waals surface area contributed by atoms with Gasteiger partial charge in [0.05, 0.1) is 5.92 Å². The molecule has 0 bridgehead atoms. The lowest BCUT2D eigenvalue weighted by atomic mass is 9.93. The Hall–Kier alpha value is -1.70. The van der Waals surface area contributed by atoms with Crippen LogP contribution in [0.15, 0.2) is 29.2 Å². The summed E-state index contributed by atoms with van der Waals surface area (Å²) >= 11 is -0.241. The number of likely N-dealkylation sites (tertiary alicyclic amines) is 1. The third kappa shape index (κ3) is 4.63. The number of carbonyl (C=O) groups excluding carboxylic acids is 1. The Morgan fingerprint density at radius 2 is 1.83 bits per heavy atom. The van der Waals surface area contributed by atoms with E-state index >= 15 is 0 Å². The molecule has 1 aromatic rings. The largest absolute Gasteiger partial charge is 0.481 e. The van der Waals surface area contributed by atoms with Crippen LogP contribution in [0.25, 0.3) is 0 Å². The molecule has 2 unspecified atom stereocenters. The van der Waals surface area contributed by atoms with Crippen LogP contribution in [0.2, 0.25) is 0 Å². The monoisotopic (exact) mass is 347 g/mol. The molecule has 23 heavy (non-hydrogen) atoms. The van der Waals surface area contributed by atoms with Crippen molar-refractivity contribution < 1.29 is 27.9 Å². The lowest BCUT2D eigenvalue weighted by molar-refractivity contribution is -0.143. The maximum Gasteiger partial charge on any atom is 0.446 e. The zero-order chi connectivity index (χ0) is 17.2. The number of carbonyl (C=O) groups is 2. The topological polar surface area (TPSA) is 57.6 Å². The fourth-order valence-electron chi connectivity index (χ4n) is 2.56. The van der Waals surface area contributed by atoms with Gasteiger partial charge in [-0.1, -0.05) is 0 Å². The van der Waals surface area contributed by atoms with E-state index < -0.39 is 17.4 Å². The Bertz CT molecular complexity index is 589. The Balaban J connectivity index is 2.11. The molecule has 4 nitrogen and oxygen atoms in total. The van der Waals surface area contributed by atoms with E-state index in [9.17, 15) is 22.8 Å². The quantitative estimate of drug-likeness (QED) is 0.849. The number of carboxylic acid groups (broad SMARTS) is 1. The van der Waals surface area contributed by atoms with E-state index in [1.165, 1.54) is 29.2 Å². The average Bonchev–Trinajstić information content (AvgIpc) is 2.46. The summed E-state index contributed by atoms with van der Waals surface area (Å²) in [6.07, 6.45) is 1.10. The minimum absolute atomic E-state index is 0.00385. The molecular weight excluding hydrogens is 331 g/mol. The van der Waals surface area contributed by atoms with Crippen LogP contribution < -0.4 is 0 Å². The highest BCUT2D eigenvalue weighted by atomic mass is 32.2. The molecular formula is C15H16F3NO3S. The van der Waals surface area contributed by atoms with Crippen LogP contribution in [0.3, 0.4) is 0 Å². The highest BCUT2D eigenvalue weighted by Gasteiger charge is 2.33. The van der Waals surface area contributed by atoms with Gasteiger partial charge < -0.3 is 10.0 Å². The maximum atomic E-state index is 12.5. The van der Waals surface area contributed by atoms with E-state index in [0.717, 1.165) is 0 Å². The Morgan fingerprint density at radius 1 is 1.22 bits per heavy atom. The molecule has 1 aromatic carbocycles. The molecule has 1 N–H and O–H groups in total. The number of amides is 1. The third-order valence-electron chi connectivity index (χ3n) is 3.83. The predicted molar refractivity (Wildman–Crippen MR) is 79.2 cm³/mol. The molecule has 1 amide bonds. The van der Waals surface area contributed by atoms with E-state index in [-0.39, 0.29) is 40.7 Å². The standard InChI is InChI=1S/C15H16F3NO3S/c1-9-2-3-11(14(21)22)8-19(9)13(20)10-4-6-12(7-5-10)23-15(16,17)18/h4-7,9,11H,2-3,8H2,1H3,(H,21,22). The molecule has 0 radical (unpaired) electrons. The van der Waals surface area contributed by atoms with Gasteiger partial charge in [0.2, 0.25) is 0 Å². The number of hydrogen-bond acceptors (Lipinski definition) is 3. The summed E-state index contributed by atoms with van der Waals surface area (Å²) in [5, 5.41) is 9.09. The number of hydrogen-bond donors (Lipinski definition) is 1. The van der Waals surface area contributed by atoms with Crippen molar-refractivity contribution in [3.63, 3.8) is 0 Å². The van der Waals surface area contributed by atoms with Crippen molar-refractivity contribution >= 4 is 23.6 Å². The molecule has 1 fully saturated rings. The van der Waals surface area contributed by atoms with Gasteiger partial charge in [-0.15, -0.1) is 0 Å². The Kier molecular flexibility index (Phi) is 5.23. The van der Waals surface area contributed by atoms with Crippen LogP contribution in [-0.4, -0.2) is 40.0 Å².